The van der Waals surface area contributed by atoms with E-state index in [1.54, 1.807) is 16.8 Å². The van der Waals surface area contributed by atoms with Crippen LogP contribution in [0.25, 0.3) is 11.3 Å². The minimum atomic E-state index is -0.402. The molecule has 2 unspecified atom stereocenters. The summed E-state index contributed by atoms with van der Waals surface area (Å²) in [5.41, 5.74) is 2.73. The average Bonchev–Trinajstić information content (AvgIpc) is 3.16. The van der Waals surface area contributed by atoms with Crippen LogP contribution in [0.1, 0.15) is 31.7 Å². The maximum atomic E-state index is 10.8. The number of benzene rings is 1. The van der Waals surface area contributed by atoms with E-state index in [9.17, 15) is 15.2 Å². The van der Waals surface area contributed by atoms with Crippen molar-refractivity contribution in [3.8, 4) is 11.3 Å². The second kappa shape index (κ2) is 6.93. The fourth-order valence-electron chi connectivity index (χ4n) is 3.65. The van der Waals surface area contributed by atoms with Gasteiger partial charge in [0.15, 0.2) is 0 Å². The zero-order valence-corrected chi connectivity index (χ0v) is 14.6. The number of nitrogens with one attached hydrogen (secondary N) is 1. The summed E-state index contributed by atoms with van der Waals surface area (Å²) >= 11 is 0. The highest BCUT2D eigenvalue weighted by Gasteiger charge is 2.37. The number of nitrogens with zero attached hydrogens (tertiary/aromatic N) is 3. The lowest BCUT2D eigenvalue weighted by molar-refractivity contribution is -0.384. The molecule has 134 valence electrons. The van der Waals surface area contributed by atoms with Gasteiger partial charge in [-0.05, 0) is 25.0 Å². The molecule has 0 amide bonds. The lowest BCUT2D eigenvalue weighted by Gasteiger charge is -2.30. The first-order valence-electron chi connectivity index (χ1n) is 8.54. The maximum Gasteiger partial charge on any atom is 0.269 e. The van der Waals surface area contributed by atoms with Gasteiger partial charge in [-0.2, -0.15) is 5.10 Å². The first-order valence-corrected chi connectivity index (χ1v) is 8.54. The summed E-state index contributed by atoms with van der Waals surface area (Å²) in [4.78, 5) is 10.4. The van der Waals surface area contributed by atoms with Gasteiger partial charge in [-0.3, -0.25) is 14.8 Å². The minimum absolute atomic E-state index is 0.0732. The Kier molecular flexibility index (Phi) is 4.87. The number of non-ortho nitro benzene ring substituents is 1. The molecule has 1 saturated carbocycles. The van der Waals surface area contributed by atoms with E-state index in [1.807, 2.05) is 13.2 Å². The molecule has 2 aromatic rings. The van der Waals surface area contributed by atoms with Crippen LogP contribution in [0.3, 0.4) is 0 Å². The smallest absolute Gasteiger partial charge is 0.269 e. The fraction of sp³-hybridized carbons (Fsp3) is 0.500. The summed E-state index contributed by atoms with van der Waals surface area (Å²) in [6.45, 7) is 2.96. The third-order valence-corrected chi connectivity index (χ3v) is 5.24. The van der Waals surface area contributed by atoms with Crippen molar-refractivity contribution >= 4 is 5.69 Å². The summed E-state index contributed by atoms with van der Waals surface area (Å²) < 4.78 is 1.76. The molecule has 3 rings (SSSR count). The molecule has 2 atom stereocenters. The molecule has 25 heavy (non-hydrogen) atoms. The van der Waals surface area contributed by atoms with Gasteiger partial charge in [-0.1, -0.05) is 13.3 Å². The largest absolute Gasteiger partial charge is 0.396 e. The van der Waals surface area contributed by atoms with Crippen molar-refractivity contribution < 1.29 is 10.0 Å². The number of aliphatic hydroxyl groups excluding tert-OH is 1. The van der Waals surface area contributed by atoms with E-state index < -0.39 is 4.92 Å². The fourth-order valence-corrected chi connectivity index (χ4v) is 3.65. The van der Waals surface area contributed by atoms with Crippen molar-refractivity contribution in [3.63, 3.8) is 0 Å². The highest BCUT2D eigenvalue weighted by molar-refractivity contribution is 5.64. The Morgan fingerprint density at radius 2 is 2.16 bits per heavy atom. The molecule has 7 heteroatoms. The van der Waals surface area contributed by atoms with Crippen LogP contribution in [0.5, 0.6) is 0 Å². The number of hydrogen-bond donors (Lipinski definition) is 2. The molecular weight excluding hydrogens is 320 g/mol. The van der Waals surface area contributed by atoms with Crippen LogP contribution in [0.4, 0.5) is 5.69 Å². The monoisotopic (exact) mass is 344 g/mol. The van der Waals surface area contributed by atoms with Gasteiger partial charge in [0.1, 0.15) is 0 Å². The Labute approximate surface area is 146 Å². The van der Waals surface area contributed by atoms with Crippen molar-refractivity contribution in [3.05, 3.63) is 46.1 Å². The Morgan fingerprint density at radius 1 is 1.44 bits per heavy atom. The van der Waals surface area contributed by atoms with E-state index >= 15 is 0 Å². The summed E-state index contributed by atoms with van der Waals surface area (Å²) in [7, 11) is 1.87. The third-order valence-electron chi connectivity index (χ3n) is 5.24. The zero-order chi connectivity index (χ0) is 18.0. The van der Waals surface area contributed by atoms with Crippen LogP contribution < -0.4 is 5.32 Å². The average molecular weight is 344 g/mol. The molecule has 1 aromatic heterocycles. The number of aromatic nitrogens is 2. The Bertz CT molecular complexity index is 756. The zero-order valence-electron chi connectivity index (χ0n) is 14.6. The van der Waals surface area contributed by atoms with Gasteiger partial charge in [0.05, 0.1) is 10.6 Å². The SMILES string of the molecule is Cn1cc(CNC2CCCC2(C)CO)c(-c2ccc([N+](=O)[O-])cc2)n1. The van der Waals surface area contributed by atoms with Crippen LogP contribution in [0, 0.1) is 15.5 Å². The summed E-state index contributed by atoms with van der Waals surface area (Å²) in [6, 6.07) is 6.75. The molecule has 1 fully saturated rings. The van der Waals surface area contributed by atoms with Crippen molar-refractivity contribution in [2.75, 3.05) is 6.61 Å². The molecule has 1 aromatic carbocycles. The third kappa shape index (κ3) is 3.57. The lowest BCUT2D eigenvalue weighted by atomic mass is 9.85. The predicted molar refractivity (Wildman–Crippen MR) is 95.0 cm³/mol. The Morgan fingerprint density at radius 3 is 2.80 bits per heavy atom. The van der Waals surface area contributed by atoms with Crippen molar-refractivity contribution in [2.24, 2.45) is 12.5 Å². The van der Waals surface area contributed by atoms with Crippen molar-refractivity contribution in [1.29, 1.82) is 0 Å². The van der Waals surface area contributed by atoms with Gasteiger partial charge in [-0.25, -0.2) is 0 Å². The maximum absolute atomic E-state index is 10.8. The van der Waals surface area contributed by atoms with E-state index in [0.29, 0.717) is 6.54 Å². The van der Waals surface area contributed by atoms with Gasteiger partial charge >= 0.3 is 0 Å². The number of nitro benzene ring substituents is 1. The van der Waals surface area contributed by atoms with Gasteiger partial charge in [0, 0.05) is 61.1 Å². The molecule has 1 aliphatic carbocycles. The number of nitro groups is 1. The first kappa shape index (κ1) is 17.6. The van der Waals surface area contributed by atoms with E-state index in [1.165, 1.54) is 12.1 Å². The molecule has 0 radical (unpaired) electrons. The second-order valence-corrected chi connectivity index (χ2v) is 7.12. The first-order chi connectivity index (χ1) is 11.9. The lowest BCUT2D eigenvalue weighted by Crippen LogP contribution is -2.41. The van der Waals surface area contributed by atoms with Crippen LogP contribution in [0.15, 0.2) is 30.5 Å². The molecule has 1 heterocycles. The standard InChI is InChI=1S/C18H24N4O3/c1-18(12-23)9-3-4-16(18)19-10-14-11-21(2)20-17(14)13-5-7-15(8-6-13)22(24)25/h5-8,11,16,19,23H,3-4,9-10,12H2,1-2H3. The minimum Gasteiger partial charge on any atom is -0.396 e. The van der Waals surface area contributed by atoms with Crippen LogP contribution in [-0.2, 0) is 13.6 Å². The van der Waals surface area contributed by atoms with Crippen LogP contribution in [0.2, 0.25) is 0 Å². The van der Waals surface area contributed by atoms with Gasteiger partial charge in [-0.15, -0.1) is 0 Å². The molecule has 0 bridgehead atoms. The van der Waals surface area contributed by atoms with E-state index in [2.05, 4.69) is 17.3 Å². The molecular formula is C18H24N4O3. The van der Waals surface area contributed by atoms with Crippen molar-refractivity contribution in [1.82, 2.24) is 15.1 Å². The number of hydrogen-bond acceptors (Lipinski definition) is 5. The summed E-state index contributed by atoms with van der Waals surface area (Å²) in [5.74, 6) is 0. The van der Waals surface area contributed by atoms with E-state index in [4.69, 9.17) is 0 Å². The highest BCUT2D eigenvalue weighted by Crippen LogP contribution is 2.37. The quantitative estimate of drug-likeness (QED) is 0.621. The normalized spacial score (nSPS) is 23.1. The van der Waals surface area contributed by atoms with E-state index in [0.717, 1.165) is 36.1 Å². The molecule has 0 spiro atoms. The Hall–Kier alpha value is -2.25. The molecule has 2 N–H and O–H groups in total. The number of rotatable bonds is 6. The van der Waals surface area contributed by atoms with Crippen LogP contribution >= 0.6 is 0 Å². The second-order valence-electron chi connectivity index (χ2n) is 7.12. The molecule has 0 aliphatic heterocycles. The highest BCUT2D eigenvalue weighted by atomic mass is 16.6. The number of aliphatic hydroxyl groups is 1. The van der Waals surface area contributed by atoms with Crippen LogP contribution in [-0.4, -0.2) is 32.5 Å². The topological polar surface area (TPSA) is 93.2 Å². The molecule has 0 saturated heterocycles. The van der Waals surface area contributed by atoms with Crippen molar-refractivity contribution in [2.45, 2.75) is 38.8 Å². The summed E-state index contributed by atoms with van der Waals surface area (Å²) in [5, 5.41) is 28.6. The molecule has 1 aliphatic rings. The van der Waals surface area contributed by atoms with Gasteiger partial charge in [0.25, 0.3) is 5.69 Å². The van der Waals surface area contributed by atoms with Gasteiger partial charge < -0.3 is 10.4 Å². The van der Waals surface area contributed by atoms with E-state index in [-0.39, 0.29) is 23.8 Å². The predicted octanol–water partition coefficient (Wildman–Crippen LogP) is 2.64. The molecule has 7 nitrogen and oxygen atoms in total. The number of aryl methyl sites for hydroxylation is 1. The Balaban J connectivity index is 1.78. The summed E-state index contributed by atoms with van der Waals surface area (Å²) in [6.07, 6.45) is 5.18. The van der Waals surface area contributed by atoms with Gasteiger partial charge in [0.2, 0.25) is 0 Å².